The number of aryl methyl sites for hydroxylation is 1. The van der Waals surface area contributed by atoms with Gasteiger partial charge in [-0.05, 0) is 67.1 Å². The van der Waals surface area contributed by atoms with E-state index in [0.29, 0.717) is 12.2 Å². The van der Waals surface area contributed by atoms with Crippen molar-refractivity contribution >= 4 is 27.8 Å². The molecule has 34 heavy (non-hydrogen) atoms. The lowest BCUT2D eigenvalue weighted by Gasteiger charge is -2.42. The Morgan fingerprint density at radius 2 is 2.06 bits per heavy atom. The van der Waals surface area contributed by atoms with Crippen LogP contribution in [-0.2, 0) is 14.9 Å². The van der Waals surface area contributed by atoms with Crippen LogP contribution in [0.4, 0.5) is 4.39 Å². The average molecular weight is 466 g/mol. The summed E-state index contributed by atoms with van der Waals surface area (Å²) >= 11 is 0. The number of methoxy groups -OCH3 is 1. The molecule has 1 saturated carbocycles. The zero-order chi connectivity index (χ0) is 24.4. The first-order valence-electron chi connectivity index (χ1n) is 11.3. The van der Waals surface area contributed by atoms with Crippen LogP contribution in [0.1, 0.15) is 49.4 Å². The van der Waals surface area contributed by atoms with Crippen LogP contribution in [0.25, 0.3) is 27.5 Å². The van der Waals surface area contributed by atoms with Gasteiger partial charge in [0.25, 0.3) is 0 Å². The highest BCUT2D eigenvalue weighted by molar-refractivity contribution is 5.99. The SMILES string of the molecule is COCC(C)(C)c1c(C2CC(O)(C(=O)O)C2)c2cc3[nH]ncc3cc2n1-c1ccc(F)c(C)c1. The summed E-state index contributed by atoms with van der Waals surface area (Å²) in [5, 5.41) is 29.1. The van der Waals surface area contributed by atoms with E-state index in [2.05, 4.69) is 28.6 Å². The number of benzene rings is 2. The molecule has 2 aromatic heterocycles. The minimum Gasteiger partial charge on any atom is -0.479 e. The Labute approximate surface area is 196 Å². The Morgan fingerprint density at radius 1 is 1.32 bits per heavy atom. The van der Waals surface area contributed by atoms with Gasteiger partial charge >= 0.3 is 5.97 Å². The molecule has 1 fully saturated rings. The summed E-state index contributed by atoms with van der Waals surface area (Å²) in [5.41, 5.74) is 2.88. The van der Waals surface area contributed by atoms with E-state index in [-0.39, 0.29) is 24.6 Å². The van der Waals surface area contributed by atoms with Gasteiger partial charge in [-0.1, -0.05) is 13.8 Å². The fourth-order valence-electron chi connectivity index (χ4n) is 5.43. The zero-order valence-electron chi connectivity index (χ0n) is 19.6. The second-order valence-corrected chi connectivity index (χ2v) is 10.1. The van der Waals surface area contributed by atoms with E-state index in [4.69, 9.17) is 4.74 Å². The van der Waals surface area contributed by atoms with Crippen LogP contribution in [0.2, 0.25) is 0 Å². The van der Waals surface area contributed by atoms with E-state index in [1.807, 2.05) is 18.2 Å². The molecule has 0 atom stereocenters. The third kappa shape index (κ3) is 3.32. The molecular formula is C26H28FN3O4. The van der Waals surface area contributed by atoms with Gasteiger partial charge in [-0.15, -0.1) is 0 Å². The third-order valence-corrected chi connectivity index (χ3v) is 7.09. The molecule has 4 aromatic rings. The van der Waals surface area contributed by atoms with Gasteiger partial charge in [-0.3, -0.25) is 5.10 Å². The van der Waals surface area contributed by atoms with Crippen LogP contribution < -0.4 is 0 Å². The van der Waals surface area contributed by atoms with Crippen molar-refractivity contribution in [2.24, 2.45) is 0 Å². The number of hydrogen-bond donors (Lipinski definition) is 3. The molecule has 1 aliphatic rings. The van der Waals surface area contributed by atoms with Crippen LogP contribution in [0.3, 0.4) is 0 Å². The highest BCUT2D eigenvalue weighted by Crippen LogP contribution is 2.52. The molecule has 1 aliphatic carbocycles. The first kappa shape index (κ1) is 22.6. The maximum atomic E-state index is 14.2. The molecule has 0 unspecified atom stereocenters. The molecule has 0 aliphatic heterocycles. The molecule has 8 heteroatoms. The van der Waals surface area contributed by atoms with Crippen molar-refractivity contribution in [3.8, 4) is 5.69 Å². The molecule has 0 radical (unpaired) electrons. The number of halogens is 1. The molecule has 178 valence electrons. The predicted octanol–water partition coefficient (Wildman–Crippen LogP) is 4.57. The standard InChI is InChI=1S/C26H28FN3O4/c1-14-7-17(5-6-19(14)27)30-21-8-15-12-28-29-20(15)9-18(21)22(23(30)25(2,3)13-34-4)16-10-26(33,11-16)24(31)32/h5-9,12,16,33H,10-11,13H2,1-4H3,(H,28,29)(H,31,32). The van der Waals surface area contributed by atoms with E-state index >= 15 is 0 Å². The molecule has 0 bridgehead atoms. The topological polar surface area (TPSA) is 100 Å². The lowest BCUT2D eigenvalue weighted by Crippen LogP contribution is -2.49. The largest absolute Gasteiger partial charge is 0.479 e. The van der Waals surface area contributed by atoms with Crippen LogP contribution in [0, 0.1) is 12.7 Å². The van der Waals surface area contributed by atoms with Gasteiger partial charge in [-0.2, -0.15) is 5.10 Å². The van der Waals surface area contributed by atoms with Gasteiger partial charge in [0.05, 0.1) is 23.8 Å². The molecule has 5 rings (SSSR count). The minimum absolute atomic E-state index is 0.126. The summed E-state index contributed by atoms with van der Waals surface area (Å²) in [6.45, 7) is 6.32. The Balaban J connectivity index is 1.86. The van der Waals surface area contributed by atoms with Crippen molar-refractivity contribution in [2.45, 2.75) is 50.5 Å². The van der Waals surface area contributed by atoms with Gasteiger partial charge in [-0.25, -0.2) is 9.18 Å². The van der Waals surface area contributed by atoms with E-state index in [1.165, 1.54) is 6.07 Å². The molecule has 7 nitrogen and oxygen atoms in total. The number of carbonyl (C=O) groups is 1. The van der Waals surface area contributed by atoms with Gasteiger partial charge in [0.2, 0.25) is 0 Å². The van der Waals surface area contributed by atoms with Crippen molar-refractivity contribution in [1.29, 1.82) is 0 Å². The van der Waals surface area contributed by atoms with Gasteiger partial charge in [0.1, 0.15) is 5.82 Å². The summed E-state index contributed by atoms with van der Waals surface area (Å²) in [4.78, 5) is 11.6. The number of ether oxygens (including phenoxy) is 1. The molecule has 2 heterocycles. The maximum Gasteiger partial charge on any atom is 0.335 e. The van der Waals surface area contributed by atoms with E-state index in [1.54, 1.807) is 26.3 Å². The molecule has 0 spiro atoms. The van der Waals surface area contributed by atoms with Crippen LogP contribution in [-0.4, -0.2) is 50.3 Å². The second kappa shape index (κ2) is 7.65. The van der Waals surface area contributed by atoms with E-state index in [9.17, 15) is 19.4 Å². The zero-order valence-corrected chi connectivity index (χ0v) is 19.6. The number of carboxylic acid groups (broad SMARTS) is 1. The Morgan fingerprint density at radius 3 is 2.71 bits per heavy atom. The number of hydrogen-bond acceptors (Lipinski definition) is 4. The Hall–Kier alpha value is -3.23. The molecule has 3 N–H and O–H groups in total. The summed E-state index contributed by atoms with van der Waals surface area (Å²) in [6, 6.07) is 9.12. The summed E-state index contributed by atoms with van der Waals surface area (Å²) in [7, 11) is 1.65. The van der Waals surface area contributed by atoms with Crippen LogP contribution in [0.5, 0.6) is 0 Å². The highest BCUT2D eigenvalue weighted by atomic mass is 19.1. The predicted molar refractivity (Wildman–Crippen MR) is 127 cm³/mol. The van der Waals surface area contributed by atoms with Crippen molar-refractivity contribution in [3.05, 3.63) is 59.2 Å². The summed E-state index contributed by atoms with van der Waals surface area (Å²) in [6.07, 6.45) is 2.01. The molecule has 2 aromatic carbocycles. The number of aromatic nitrogens is 3. The van der Waals surface area contributed by atoms with Gasteiger partial charge < -0.3 is 19.5 Å². The van der Waals surface area contributed by atoms with Crippen LogP contribution >= 0.6 is 0 Å². The van der Waals surface area contributed by atoms with Crippen molar-refractivity contribution in [3.63, 3.8) is 0 Å². The summed E-state index contributed by atoms with van der Waals surface area (Å²) < 4.78 is 21.9. The van der Waals surface area contributed by atoms with Crippen molar-refractivity contribution in [1.82, 2.24) is 14.8 Å². The fraction of sp³-hybridized carbons (Fsp3) is 0.385. The number of nitrogens with one attached hydrogen (secondary N) is 1. The molecule has 0 amide bonds. The lowest BCUT2D eigenvalue weighted by atomic mass is 9.66. The molecular weight excluding hydrogens is 437 g/mol. The number of aromatic amines is 1. The van der Waals surface area contributed by atoms with Gasteiger partial charge in [0.15, 0.2) is 5.60 Å². The lowest BCUT2D eigenvalue weighted by molar-refractivity contribution is -0.169. The quantitative estimate of drug-likeness (QED) is 0.387. The smallest absolute Gasteiger partial charge is 0.335 e. The maximum absolute atomic E-state index is 14.2. The van der Waals surface area contributed by atoms with E-state index in [0.717, 1.165) is 38.8 Å². The van der Waals surface area contributed by atoms with E-state index < -0.39 is 17.0 Å². The molecule has 0 saturated heterocycles. The second-order valence-electron chi connectivity index (χ2n) is 10.1. The third-order valence-electron chi connectivity index (χ3n) is 7.09. The van der Waals surface area contributed by atoms with Crippen LogP contribution in [0.15, 0.2) is 36.5 Å². The summed E-state index contributed by atoms with van der Waals surface area (Å²) in [5.74, 6) is -1.63. The average Bonchev–Trinajstić information content (AvgIpc) is 3.33. The highest BCUT2D eigenvalue weighted by Gasteiger charge is 2.51. The minimum atomic E-state index is -1.73. The number of rotatable bonds is 6. The van der Waals surface area contributed by atoms with Gasteiger partial charge in [0, 0.05) is 34.7 Å². The number of aliphatic hydroxyl groups is 1. The first-order chi connectivity index (χ1) is 16.1. The monoisotopic (exact) mass is 465 g/mol. The first-order valence-corrected chi connectivity index (χ1v) is 11.3. The number of aliphatic carboxylic acids is 1. The number of H-pyrrole nitrogens is 1. The van der Waals surface area contributed by atoms with Crippen molar-refractivity contribution in [2.75, 3.05) is 13.7 Å². The number of carboxylic acids is 1. The Kier molecular flexibility index (Phi) is 5.07. The number of nitrogens with zero attached hydrogens (tertiary/aromatic N) is 2. The van der Waals surface area contributed by atoms with Crippen molar-refractivity contribution < 1.29 is 24.1 Å². The number of fused-ring (bicyclic) bond motifs is 2. The Bertz CT molecular complexity index is 1430. The fourth-order valence-corrected chi connectivity index (χ4v) is 5.43. The normalized spacial score (nSPS) is 20.7.